The molecular formula is C22H24ClN3O. The molecule has 0 radical (unpaired) electrons. The van der Waals surface area contributed by atoms with Crippen LogP contribution in [-0.4, -0.2) is 41.5 Å². The topological polar surface area (TPSA) is 28.1 Å². The number of hydrogen-bond donors (Lipinski definition) is 0. The minimum atomic E-state index is -0.359. The second-order valence-corrected chi connectivity index (χ2v) is 8.39. The van der Waals surface area contributed by atoms with Gasteiger partial charge in [0.2, 0.25) is 5.72 Å². The van der Waals surface area contributed by atoms with Crippen molar-refractivity contribution in [2.45, 2.75) is 38.0 Å². The lowest BCUT2D eigenvalue weighted by Crippen LogP contribution is -2.58. The summed E-state index contributed by atoms with van der Waals surface area (Å²) in [5, 5.41) is 8.11. The van der Waals surface area contributed by atoms with Crippen molar-refractivity contribution in [1.82, 2.24) is 9.91 Å². The van der Waals surface area contributed by atoms with E-state index in [1.807, 2.05) is 18.2 Å². The van der Waals surface area contributed by atoms with Crippen molar-refractivity contribution < 1.29 is 4.74 Å². The van der Waals surface area contributed by atoms with Crippen LogP contribution in [0, 0.1) is 6.92 Å². The minimum absolute atomic E-state index is 0.211. The summed E-state index contributed by atoms with van der Waals surface area (Å²) in [6.07, 6.45) is 2.76. The fraction of sp³-hybridized carbons (Fsp3) is 0.409. The number of halogens is 1. The first-order chi connectivity index (χ1) is 13.1. The van der Waals surface area contributed by atoms with E-state index in [2.05, 4.69) is 48.1 Å². The van der Waals surface area contributed by atoms with E-state index in [1.165, 1.54) is 11.1 Å². The molecule has 0 aliphatic carbocycles. The van der Waals surface area contributed by atoms with Gasteiger partial charge in [-0.05, 0) is 26.1 Å². The van der Waals surface area contributed by atoms with E-state index < -0.39 is 0 Å². The molecule has 3 heterocycles. The maximum Gasteiger partial charge on any atom is 0.200 e. The van der Waals surface area contributed by atoms with Gasteiger partial charge >= 0.3 is 0 Å². The van der Waals surface area contributed by atoms with Crippen molar-refractivity contribution in [2.75, 3.05) is 20.1 Å². The predicted octanol–water partition coefficient (Wildman–Crippen LogP) is 4.61. The average molecular weight is 382 g/mol. The van der Waals surface area contributed by atoms with Gasteiger partial charge in [-0.1, -0.05) is 47.5 Å². The largest absolute Gasteiger partial charge is 0.466 e. The zero-order chi connectivity index (χ0) is 18.6. The lowest BCUT2D eigenvalue weighted by atomic mass is 9.90. The van der Waals surface area contributed by atoms with Crippen molar-refractivity contribution >= 4 is 17.3 Å². The average Bonchev–Trinajstić information content (AvgIpc) is 3.12. The van der Waals surface area contributed by atoms with Gasteiger partial charge in [-0.3, -0.25) is 0 Å². The normalized spacial score (nSPS) is 23.6. The number of ether oxygens (including phenoxy) is 1. The number of rotatable bonds is 1. The van der Waals surface area contributed by atoms with E-state index in [9.17, 15) is 0 Å². The van der Waals surface area contributed by atoms with Gasteiger partial charge in [-0.15, -0.1) is 0 Å². The summed E-state index contributed by atoms with van der Waals surface area (Å²) in [4.78, 5) is 2.36. The molecule has 1 spiro atoms. The molecule has 0 aromatic heterocycles. The molecular weight excluding hydrogens is 358 g/mol. The quantitative estimate of drug-likeness (QED) is 0.721. The molecule has 2 aromatic rings. The van der Waals surface area contributed by atoms with Gasteiger partial charge < -0.3 is 9.64 Å². The van der Waals surface area contributed by atoms with E-state index in [0.29, 0.717) is 0 Å². The molecule has 4 nitrogen and oxygen atoms in total. The van der Waals surface area contributed by atoms with Crippen LogP contribution in [0.4, 0.5) is 0 Å². The maximum absolute atomic E-state index is 6.65. The van der Waals surface area contributed by atoms with Crippen LogP contribution in [0.1, 0.15) is 42.0 Å². The number of nitrogens with zero attached hydrogens (tertiary/aromatic N) is 3. The highest BCUT2D eigenvalue weighted by Crippen LogP contribution is 2.50. The first kappa shape index (κ1) is 17.1. The third-order valence-electron chi connectivity index (χ3n) is 6.11. The molecule has 1 fully saturated rings. The van der Waals surface area contributed by atoms with Crippen LogP contribution < -0.4 is 4.74 Å². The predicted molar refractivity (Wildman–Crippen MR) is 108 cm³/mol. The molecule has 0 bridgehead atoms. The second-order valence-electron chi connectivity index (χ2n) is 7.98. The Hall–Kier alpha value is -2.04. The highest BCUT2D eigenvalue weighted by Gasteiger charge is 2.51. The summed E-state index contributed by atoms with van der Waals surface area (Å²) in [6.45, 7) is 4.16. The van der Waals surface area contributed by atoms with Crippen molar-refractivity contribution in [1.29, 1.82) is 0 Å². The van der Waals surface area contributed by atoms with Crippen LogP contribution in [0.15, 0.2) is 47.6 Å². The monoisotopic (exact) mass is 381 g/mol. The molecule has 1 saturated heterocycles. The minimum Gasteiger partial charge on any atom is -0.466 e. The smallest absolute Gasteiger partial charge is 0.200 e. The number of likely N-dealkylation sites (tertiary alicyclic amines) is 1. The molecule has 0 saturated carbocycles. The number of benzene rings is 2. The van der Waals surface area contributed by atoms with E-state index in [-0.39, 0.29) is 11.8 Å². The summed E-state index contributed by atoms with van der Waals surface area (Å²) in [5.41, 5.74) is 4.23. The number of piperidine rings is 1. The van der Waals surface area contributed by atoms with Gasteiger partial charge in [-0.25, -0.2) is 5.01 Å². The maximum atomic E-state index is 6.65. The first-order valence-corrected chi connectivity index (χ1v) is 10.0. The van der Waals surface area contributed by atoms with Crippen LogP contribution >= 0.6 is 11.6 Å². The Morgan fingerprint density at radius 3 is 2.70 bits per heavy atom. The third-order valence-corrected chi connectivity index (χ3v) is 6.43. The summed E-state index contributed by atoms with van der Waals surface area (Å²) < 4.78 is 6.65. The molecule has 5 rings (SSSR count). The highest BCUT2D eigenvalue weighted by molar-refractivity contribution is 6.34. The van der Waals surface area contributed by atoms with E-state index >= 15 is 0 Å². The summed E-state index contributed by atoms with van der Waals surface area (Å²) in [7, 11) is 2.17. The Morgan fingerprint density at radius 1 is 1.15 bits per heavy atom. The van der Waals surface area contributed by atoms with Gasteiger partial charge in [-0.2, -0.15) is 5.10 Å². The van der Waals surface area contributed by atoms with Crippen molar-refractivity contribution in [3.8, 4) is 5.75 Å². The van der Waals surface area contributed by atoms with Gasteiger partial charge in [0.05, 0.1) is 11.8 Å². The second kappa shape index (κ2) is 6.25. The molecule has 1 atom stereocenters. The molecule has 3 aliphatic heterocycles. The van der Waals surface area contributed by atoms with Crippen LogP contribution in [-0.2, 0) is 0 Å². The van der Waals surface area contributed by atoms with Crippen LogP contribution in [0.25, 0.3) is 0 Å². The molecule has 140 valence electrons. The molecule has 0 amide bonds. The third kappa shape index (κ3) is 2.74. The Bertz CT molecular complexity index is 918. The van der Waals surface area contributed by atoms with Crippen molar-refractivity contribution in [3.05, 3.63) is 64.2 Å². The number of hydrazone groups is 1. The number of hydrogen-bond acceptors (Lipinski definition) is 4. The lowest BCUT2D eigenvalue weighted by Gasteiger charge is -2.50. The molecule has 2 aromatic carbocycles. The lowest BCUT2D eigenvalue weighted by molar-refractivity contribution is -0.147. The summed E-state index contributed by atoms with van der Waals surface area (Å²) >= 11 is 6.49. The standard InChI is InChI=1S/C22H24ClN3O/c1-15-7-8-21-17(13-15)20-14-19(16-5-3-4-6-18(16)23)24-26(20)22(27-21)9-11-25(2)12-10-22/h3-8,13,20H,9-12,14H2,1-2H3/t20-/m0/s1. The number of aryl methyl sites for hydroxylation is 1. The Labute approximate surface area is 165 Å². The van der Waals surface area contributed by atoms with Gasteiger partial charge in [0, 0.05) is 48.5 Å². The van der Waals surface area contributed by atoms with Crippen LogP contribution in [0.2, 0.25) is 5.02 Å². The molecule has 3 aliphatic rings. The SMILES string of the molecule is Cc1ccc2c(c1)[C@@H]1CC(c3ccccc3Cl)=NN1C1(CCN(C)CC1)O2. The first-order valence-electron chi connectivity index (χ1n) is 9.66. The zero-order valence-corrected chi connectivity index (χ0v) is 16.5. The molecule has 5 heteroatoms. The molecule has 0 unspecified atom stereocenters. The number of fused-ring (bicyclic) bond motifs is 4. The van der Waals surface area contributed by atoms with Gasteiger partial charge in [0.15, 0.2) is 0 Å². The van der Waals surface area contributed by atoms with Crippen LogP contribution in [0.3, 0.4) is 0 Å². The highest BCUT2D eigenvalue weighted by atomic mass is 35.5. The van der Waals surface area contributed by atoms with Gasteiger partial charge in [0.1, 0.15) is 5.75 Å². The van der Waals surface area contributed by atoms with E-state index in [4.69, 9.17) is 21.4 Å². The molecule has 27 heavy (non-hydrogen) atoms. The van der Waals surface area contributed by atoms with E-state index in [1.54, 1.807) is 0 Å². The Kier molecular flexibility index (Phi) is 3.95. The molecule has 0 N–H and O–H groups in total. The van der Waals surface area contributed by atoms with Crippen LogP contribution in [0.5, 0.6) is 5.75 Å². The van der Waals surface area contributed by atoms with Crippen molar-refractivity contribution in [2.24, 2.45) is 5.10 Å². The zero-order valence-electron chi connectivity index (χ0n) is 15.8. The Morgan fingerprint density at radius 2 is 1.93 bits per heavy atom. The van der Waals surface area contributed by atoms with E-state index in [0.717, 1.165) is 54.4 Å². The summed E-state index contributed by atoms with van der Waals surface area (Å²) in [6, 6.07) is 14.7. The van der Waals surface area contributed by atoms with Crippen molar-refractivity contribution in [3.63, 3.8) is 0 Å². The fourth-order valence-corrected chi connectivity index (χ4v) is 4.80. The fourth-order valence-electron chi connectivity index (χ4n) is 4.56. The van der Waals surface area contributed by atoms with Gasteiger partial charge in [0.25, 0.3) is 0 Å². The Balaban J connectivity index is 1.61. The summed E-state index contributed by atoms with van der Waals surface area (Å²) in [5.74, 6) is 1.02.